The van der Waals surface area contributed by atoms with Crippen LogP contribution in [0.25, 0.3) is 0 Å². The van der Waals surface area contributed by atoms with Crippen molar-refractivity contribution in [2.45, 2.75) is 25.4 Å². The zero-order valence-corrected chi connectivity index (χ0v) is 11.7. The van der Waals surface area contributed by atoms with E-state index in [4.69, 9.17) is 0 Å². The third kappa shape index (κ3) is 2.96. The molecule has 1 saturated heterocycles. The second kappa shape index (κ2) is 6.00. The predicted octanol–water partition coefficient (Wildman–Crippen LogP) is 0.969. The number of aromatic nitrogens is 4. The first kappa shape index (κ1) is 13.1. The van der Waals surface area contributed by atoms with Gasteiger partial charge in [-0.2, -0.15) is 0 Å². The number of nitrogens with zero attached hydrogens (tertiary/aromatic N) is 5. The lowest BCUT2D eigenvalue weighted by atomic mass is 10.0. The van der Waals surface area contributed by atoms with Gasteiger partial charge in [0.2, 0.25) is 0 Å². The van der Waals surface area contributed by atoms with Crippen LogP contribution in [0.3, 0.4) is 0 Å². The smallest absolute Gasteiger partial charge is 0.146 e. The molecule has 0 spiro atoms. The molecule has 1 aliphatic heterocycles. The van der Waals surface area contributed by atoms with Gasteiger partial charge in [-0.3, -0.25) is 4.98 Å². The first-order valence-corrected chi connectivity index (χ1v) is 7.04. The molecule has 1 fully saturated rings. The third-order valence-corrected chi connectivity index (χ3v) is 3.88. The van der Waals surface area contributed by atoms with Crippen molar-refractivity contribution in [2.75, 3.05) is 18.0 Å². The van der Waals surface area contributed by atoms with E-state index in [2.05, 4.69) is 37.5 Å². The van der Waals surface area contributed by atoms with E-state index < -0.39 is 0 Å². The Kier molecular flexibility index (Phi) is 3.92. The van der Waals surface area contributed by atoms with E-state index in [-0.39, 0.29) is 0 Å². The maximum atomic E-state index is 4.10. The Bertz CT molecular complexity index is 530. The van der Waals surface area contributed by atoms with Gasteiger partial charge in [-0.25, -0.2) is 0 Å². The maximum Gasteiger partial charge on any atom is 0.146 e. The zero-order chi connectivity index (χ0) is 13.8. The van der Waals surface area contributed by atoms with Crippen LogP contribution in [-0.2, 0) is 13.6 Å². The summed E-state index contributed by atoms with van der Waals surface area (Å²) in [6, 6.07) is 4.71. The molecule has 20 heavy (non-hydrogen) atoms. The quantitative estimate of drug-likeness (QED) is 0.898. The summed E-state index contributed by atoms with van der Waals surface area (Å²) in [4.78, 5) is 6.49. The Balaban J connectivity index is 1.48. The molecule has 0 bridgehead atoms. The van der Waals surface area contributed by atoms with Crippen molar-refractivity contribution in [3.8, 4) is 0 Å². The minimum absolute atomic E-state index is 0.560. The molecule has 2 aromatic heterocycles. The number of hydrogen-bond donors (Lipinski definition) is 1. The third-order valence-electron chi connectivity index (χ3n) is 3.88. The molecule has 0 aliphatic carbocycles. The molecule has 6 nitrogen and oxygen atoms in total. The number of nitrogens with one attached hydrogen (secondary N) is 1. The van der Waals surface area contributed by atoms with Crippen molar-refractivity contribution in [3.05, 3.63) is 36.7 Å². The molecule has 2 aromatic rings. The maximum absolute atomic E-state index is 4.10. The number of piperidine rings is 1. The van der Waals surface area contributed by atoms with Gasteiger partial charge in [-0.1, -0.05) is 0 Å². The monoisotopic (exact) mass is 272 g/mol. The van der Waals surface area contributed by atoms with Gasteiger partial charge >= 0.3 is 0 Å². The van der Waals surface area contributed by atoms with Gasteiger partial charge in [0.25, 0.3) is 0 Å². The minimum Gasteiger partial charge on any atom is -0.371 e. The molecular formula is C14H20N6. The van der Waals surface area contributed by atoms with Crippen LogP contribution >= 0.6 is 0 Å². The molecule has 106 valence electrons. The Labute approximate surface area is 118 Å². The fourth-order valence-electron chi connectivity index (χ4n) is 2.60. The summed E-state index contributed by atoms with van der Waals surface area (Å²) >= 11 is 0. The van der Waals surface area contributed by atoms with Gasteiger partial charge in [0.15, 0.2) is 0 Å². The summed E-state index contributed by atoms with van der Waals surface area (Å²) in [6.07, 6.45) is 7.75. The minimum atomic E-state index is 0.560. The van der Waals surface area contributed by atoms with E-state index in [0.717, 1.165) is 38.3 Å². The highest BCUT2D eigenvalue weighted by Gasteiger charge is 2.19. The van der Waals surface area contributed by atoms with Crippen LogP contribution in [0.4, 0.5) is 5.69 Å². The largest absolute Gasteiger partial charge is 0.371 e. The molecular weight excluding hydrogens is 252 g/mol. The molecule has 0 aromatic carbocycles. The van der Waals surface area contributed by atoms with E-state index in [1.807, 2.05) is 24.0 Å². The van der Waals surface area contributed by atoms with Crippen molar-refractivity contribution in [2.24, 2.45) is 7.05 Å². The summed E-state index contributed by atoms with van der Waals surface area (Å²) in [5.74, 6) is 0.988. The van der Waals surface area contributed by atoms with Gasteiger partial charge in [-0.15, -0.1) is 10.2 Å². The first-order valence-electron chi connectivity index (χ1n) is 7.04. The molecule has 0 saturated carbocycles. The first-order chi connectivity index (χ1) is 9.83. The standard InChI is InChI=1S/C14H20N6/c1-19-11-17-18-14(19)10-16-12-4-8-20(9-5-12)13-2-6-15-7-3-13/h2-3,6-7,11-12,16H,4-5,8-10H2,1H3. The normalized spacial score (nSPS) is 16.6. The Morgan fingerprint density at radius 3 is 2.65 bits per heavy atom. The van der Waals surface area contributed by atoms with E-state index >= 15 is 0 Å². The highest BCUT2D eigenvalue weighted by atomic mass is 15.3. The van der Waals surface area contributed by atoms with Crippen LogP contribution in [0.5, 0.6) is 0 Å². The van der Waals surface area contributed by atoms with Gasteiger partial charge in [-0.05, 0) is 25.0 Å². The lowest BCUT2D eigenvalue weighted by molar-refractivity contribution is 0.407. The fourth-order valence-corrected chi connectivity index (χ4v) is 2.60. The van der Waals surface area contributed by atoms with Crippen LogP contribution in [0.15, 0.2) is 30.9 Å². The average molecular weight is 272 g/mol. The number of aryl methyl sites for hydroxylation is 1. The van der Waals surface area contributed by atoms with E-state index in [1.165, 1.54) is 5.69 Å². The number of hydrogen-bond acceptors (Lipinski definition) is 5. The van der Waals surface area contributed by atoms with Crippen LogP contribution in [0.2, 0.25) is 0 Å². The lowest BCUT2D eigenvalue weighted by Gasteiger charge is -2.33. The highest BCUT2D eigenvalue weighted by Crippen LogP contribution is 2.18. The molecule has 1 aliphatic rings. The highest BCUT2D eigenvalue weighted by molar-refractivity contribution is 5.44. The summed E-state index contributed by atoms with van der Waals surface area (Å²) in [7, 11) is 1.98. The van der Waals surface area contributed by atoms with Crippen molar-refractivity contribution in [3.63, 3.8) is 0 Å². The van der Waals surface area contributed by atoms with Crippen LogP contribution in [0.1, 0.15) is 18.7 Å². The Hall–Kier alpha value is -1.95. The van der Waals surface area contributed by atoms with Crippen molar-refractivity contribution in [1.29, 1.82) is 0 Å². The summed E-state index contributed by atoms with van der Waals surface area (Å²) in [5.41, 5.74) is 1.27. The second-order valence-corrected chi connectivity index (χ2v) is 5.21. The Morgan fingerprint density at radius 1 is 1.25 bits per heavy atom. The molecule has 3 heterocycles. The van der Waals surface area contributed by atoms with Crippen LogP contribution < -0.4 is 10.2 Å². The summed E-state index contributed by atoms with van der Waals surface area (Å²) in [5, 5.41) is 11.6. The van der Waals surface area contributed by atoms with Gasteiger partial charge in [0.05, 0.1) is 6.54 Å². The van der Waals surface area contributed by atoms with Crippen molar-refractivity contribution >= 4 is 5.69 Å². The number of rotatable bonds is 4. The van der Waals surface area contributed by atoms with E-state index in [9.17, 15) is 0 Å². The molecule has 0 amide bonds. The second-order valence-electron chi connectivity index (χ2n) is 5.21. The number of anilines is 1. The van der Waals surface area contributed by atoms with E-state index in [0.29, 0.717) is 6.04 Å². The number of pyridine rings is 1. The summed E-state index contributed by atoms with van der Waals surface area (Å²) in [6.45, 7) is 2.96. The van der Waals surface area contributed by atoms with Crippen molar-refractivity contribution in [1.82, 2.24) is 25.1 Å². The van der Waals surface area contributed by atoms with Gasteiger partial charge in [0, 0.05) is 44.3 Å². The Morgan fingerprint density at radius 2 is 2.00 bits per heavy atom. The van der Waals surface area contributed by atoms with Crippen LogP contribution in [0, 0.1) is 0 Å². The molecule has 0 unspecified atom stereocenters. The topological polar surface area (TPSA) is 58.9 Å². The average Bonchev–Trinajstić information content (AvgIpc) is 2.92. The van der Waals surface area contributed by atoms with E-state index in [1.54, 1.807) is 6.33 Å². The van der Waals surface area contributed by atoms with Crippen LogP contribution in [-0.4, -0.2) is 38.9 Å². The zero-order valence-electron chi connectivity index (χ0n) is 11.7. The summed E-state index contributed by atoms with van der Waals surface area (Å²) < 4.78 is 1.96. The molecule has 0 radical (unpaired) electrons. The molecule has 3 rings (SSSR count). The lowest BCUT2D eigenvalue weighted by Crippen LogP contribution is -2.42. The van der Waals surface area contributed by atoms with Crippen molar-refractivity contribution < 1.29 is 0 Å². The van der Waals surface area contributed by atoms with Gasteiger partial charge < -0.3 is 14.8 Å². The van der Waals surface area contributed by atoms with Gasteiger partial charge in [0.1, 0.15) is 12.2 Å². The molecule has 0 atom stereocenters. The molecule has 1 N–H and O–H groups in total. The predicted molar refractivity (Wildman–Crippen MR) is 77.3 cm³/mol. The molecule has 6 heteroatoms. The SMILES string of the molecule is Cn1cnnc1CNC1CCN(c2ccncc2)CC1. The fraction of sp³-hybridized carbons (Fsp3) is 0.500.